The van der Waals surface area contributed by atoms with Crippen molar-refractivity contribution in [1.29, 1.82) is 0 Å². The van der Waals surface area contributed by atoms with Gasteiger partial charge in [0.1, 0.15) is 10.8 Å². The predicted molar refractivity (Wildman–Crippen MR) is 67.5 cm³/mol. The second-order valence-corrected chi connectivity index (χ2v) is 6.55. The van der Waals surface area contributed by atoms with Crippen molar-refractivity contribution < 1.29 is 12.8 Å². The Labute approximate surface area is 109 Å². The van der Waals surface area contributed by atoms with E-state index in [1.165, 1.54) is 6.07 Å². The van der Waals surface area contributed by atoms with Gasteiger partial charge in [0.25, 0.3) is 10.0 Å². The monoisotopic (exact) mass is 287 g/mol. The van der Waals surface area contributed by atoms with Crippen molar-refractivity contribution in [2.24, 2.45) is 5.14 Å². The molecular weight excluding hydrogens is 274 g/mol. The minimum absolute atomic E-state index is 0.218. The molecular formula is C10H13N3O3S2. The van der Waals surface area contributed by atoms with Gasteiger partial charge in [-0.1, -0.05) is 0 Å². The summed E-state index contributed by atoms with van der Waals surface area (Å²) in [6, 6.07) is 2.93. The molecule has 2 heterocycles. The van der Waals surface area contributed by atoms with E-state index in [1.807, 2.05) is 13.1 Å². The van der Waals surface area contributed by atoms with Gasteiger partial charge in [-0.3, -0.25) is 0 Å². The van der Waals surface area contributed by atoms with Crippen LogP contribution in [0.3, 0.4) is 0 Å². The molecule has 98 valence electrons. The molecule has 2 rings (SSSR count). The van der Waals surface area contributed by atoms with Gasteiger partial charge in [0.15, 0.2) is 0 Å². The molecule has 6 nitrogen and oxygen atoms in total. The van der Waals surface area contributed by atoms with Crippen molar-refractivity contribution in [3.8, 4) is 0 Å². The highest BCUT2D eigenvalue weighted by atomic mass is 32.2. The van der Waals surface area contributed by atoms with Crippen LogP contribution in [0.1, 0.15) is 15.6 Å². The van der Waals surface area contributed by atoms with Gasteiger partial charge in [0.05, 0.1) is 6.54 Å². The number of aryl methyl sites for hydroxylation is 1. The van der Waals surface area contributed by atoms with E-state index in [-0.39, 0.29) is 5.09 Å². The molecule has 0 atom stereocenters. The molecule has 2 aromatic heterocycles. The average Bonchev–Trinajstić information content (AvgIpc) is 2.87. The average molecular weight is 287 g/mol. The molecule has 0 saturated heterocycles. The largest absolute Gasteiger partial charge is 0.447 e. The summed E-state index contributed by atoms with van der Waals surface area (Å²) in [5.74, 6) is 0.521. The van der Waals surface area contributed by atoms with Crippen LogP contribution in [-0.2, 0) is 23.1 Å². The van der Waals surface area contributed by atoms with Crippen molar-refractivity contribution in [2.45, 2.75) is 25.1 Å². The topological polar surface area (TPSA) is 98.2 Å². The summed E-state index contributed by atoms with van der Waals surface area (Å²) in [7, 11) is -3.76. The molecule has 0 fully saturated rings. The quantitative estimate of drug-likeness (QED) is 0.854. The molecule has 0 aromatic carbocycles. The Morgan fingerprint density at radius 3 is 2.78 bits per heavy atom. The van der Waals surface area contributed by atoms with Gasteiger partial charge in [0.2, 0.25) is 5.09 Å². The number of primary sulfonamides is 1. The van der Waals surface area contributed by atoms with Crippen LogP contribution in [0.15, 0.2) is 27.8 Å². The van der Waals surface area contributed by atoms with Crippen molar-refractivity contribution in [2.75, 3.05) is 0 Å². The van der Waals surface area contributed by atoms with Gasteiger partial charge in [-0.05, 0) is 19.1 Å². The van der Waals surface area contributed by atoms with Gasteiger partial charge < -0.3 is 9.73 Å². The third-order valence-corrected chi connectivity index (χ3v) is 3.86. The molecule has 0 aliphatic rings. The van der Waals surface area contributed by atoms with E-state index in [1.54, 1.807) is 17.4 Å². The summed E-state index contributed by atoms with van der Waals surface area (Å²) in [6.45, 7) is 3.03. The molecule has 0 spiro atoms. The fourth-order valence-corrected chi connectivity index (χ4v) is 2.62. The maximum atomic E-state index is 11.0. The van der Waals surface area contributed by atoms with Gasteiger partial charge in [-0.25, -0.2) is 18.5 Å². The van der Waals surface area contributed by atoms with Gasteiger partial charge in [-0.15, -0.1) is 11.3 Å². The number of hydrogen-bond acceptors (Lipinski definition) is 6. The van der Waals surface area contributed by atoms with Crippen molar-refractivity contribution in [3.63, 3.8) is 0 Å². The first kappa shape index (κ1) is 13.2. The minimum atomic E-state index is -3.76. The molecule has 2 aromatic rings. The third-order valence-electron chi connectivity index (χ3n) is 2.16. The Balaban J connectivity index is 1.89. The van der Waals surface area contributed by atoms with Crippen LogP contribution in [0.25, 0.3) is 0 Å². The smallest absolute Gasteiger partial charge is 0.271 e. The number of nitrogens with two attached hydrogens (primary N) is 1. The predicted octanol–water partition coefficient (Wildman–Crippen LogP) is 0.982. The molecule has 18 heavy (non-hydrogen) atoms. The number of nitrogens with zero attached hydrogens (tertiary/aromatic N) is 1. The summed E-state index contributed by atoms with van der Waals surface area (Å²) in [6.07, 6.45) is 1.81. The molecule has 0 saturated carbocycles. The number of aromatic nitrogens is 1. The maximum absolute atomic E-state index is 11.0. The van der Waals surface area contributed by atoms with Crippen LogP contribution < -0.4 is 10.5 Å². The zero-order valence-corrected chi connectivity index (χ0v) is 11.3. The molecule has 3 N–H and O–H groups in total. The summed E-state index contributed by atoms with van der Waals surface area (Å²) in [4.78, 5) is 5.35. The van der Waals surface area contributed by atoms with Gasteiger partial charge in [-0.2, -0.15) is 0 Å². The maximum Gasteiger partial charge on any atom is 0.271 e. The van der Waals surface area contributed by atoms with Crippen LogP contribution in [0.5, 0.6) is 0 Å². The second-order valence-electron chi connectivity index (χ2n) is 3.73. The lowest BCUT2D eigenvalue weighted by Gasteiger charge is -1.99. The van der Waals surface area contributed by atoms with E-state index < -0.39 is 10.0 Å². The lowest BCUT2D eigenvalue weighted by atomic mass is 10.4. The molecule has 0 bridgehead atoms. The SMILES string of the molecule is Cc1cnc(CNCc2ccc(S(N)(=O)=O)o2)s1. The number of furan rings is 1. The standard InChI is InChI=1S/C10H13N3O3S2/c1-7-4-13-9(17-7)6-12-5-8-2-3-10(16-8)18(11,14)15/h2-4,12H,5-6H2,1H3,(H2,11,14,15). The molecule has 0 aliphatic carbocycles. The summed E-state index contributed by atoms with van der Waals surface area (Å²) >= 11 is 1.61. The normalized spacial score (nSPS) is 11.9. The fourth-order valence-electron chi connectivity index (χ4n) is 1.38. The number of nitrogens with one attached hydrogen (secondary N) is 1. The van der Waals surface area contributed by atoms with Crippen molar-refractivity contribution >= 4 is 21.4 Å². The van der Waals surface area contributed by atoms with Crippen LogP contribution in [-0.4, -0.2) is 13.4 Å². The van der Waals surface area contributed by atoms with Crippen LogP contribution in [0.4, 0.5) is 0 Å². The number of sulfonamides is 1. The second kappa shape index (κ2) is 5.19. The van der Waals surface area contributed by atoms with E-state index in [2.05, 4.69) is 10.3 Å². The van der Waals surface area contributed by atoms with E-state index in [4.69, 9.17) is 9.56 Å². The zero-order chi connectivity index (χ0) is 13.2. The molecule has 0 radical (unpaired) electrons. The first-order valence-corrected chi connectivity index (χ1v) is 7.55. The Morgan fingerprint density at radius 2 is 2.22 bits per heavy atom. The lowest BCUT2D eigenvalue weighted by Crippen LogP contribution is -2.12. The van der Waals surface area contributed by atoms with Crippen LogP contribution in [0.2, 0.25) is 0 Å². The Kier molecular flexibility index (Phi) is 3.81. The van der Waals surface area contributed by atoms with Crippen LogP contribution in [0, 0.1) is 6.92 Å². The van der Waals surface area contributed by atoms with Gasteiger partial charge >= 0.3 is 0 Å². The number of thiazole rings is 1. The third kappa shape index (κ3) is 3.39. The molecule has 0 unspecified atom stereocenters. The number of rotatable bonds is 5. The number of hydrogen-bond donors (Lipinski definition) is 2. The van der Waals surface area contributed by atoms with E-state index in [0.29, 0.717) is 18.8 Å². The fraction of sp³-hybridized carbons (Fsp3) is 0.300. The van der Waals surface area contributed by atoms with Crippen LogP contribution >= 0.6 is 11.3 Å². The summed E-state index contributed by atoms with van der Waals surface area (Å²) in [5, 5.41) is 8.82. The van der Waals surface area contributed by atoms with E-state index in [9.17, 15) is 8.42 Å². The Hall–Kier alpha value is -1.22. The van der Waals surface area contributed by atoms with E-state index >= 15 is 0 Å². The first-order valence-electron chi connectivity index (χ1n) is 5.19. The highest BCUT2D eigenvalue weighted by Crippen LogP contribution is 2.13. The highest BCUT2D eigenvalue weighted by Gasteiger charge is 2.12. The molecule has 0 aliphatic heterocycles. The Bertz CT molecular complexity index is 630. The van der Waals surface area contributed by atoms with Gasteiger partial charge in [0, 0.05) is 17.6 Å². The lowest BCUT2D eigenvalue weighted by molar-refractivity contribution is 0.402. The highest BCUT2D eigenvalue weighted by molar-refractivity contribution is 7.89. The molecule has 8 heteroatoms. The summed E-state index contributed by atoms with van der Waals surface area (Å²) < 4.78 is 27.1. The van der Waals surface area contributed by atoms with Crippen molar-refractivity contribution in [3.05, 3.63) is 34.0 Å². The zero-order valence-electron chi connectivity index (χ0n) is 9.71. The van der Waals surface area contributed by atoms with Crippen molar-refractivity contribution in [1.82, 2.24) is 10.3 Å². The Morgan fingerprint density at radius 1 is 1.44 bits per heavy atom. The first-order chi connectivity index (χ1) is 8.45. The summed E-state index contributed by atoms with van der Waals surface area (Å²) in [5.41, 5.74) is 0. The minimum Gasteiger partial charge on any atom is -0.447 e. The van der Waals surface area contributed by atoms with E-state index in [0.717, 1.165) is 9.88 Å². The molecule has 0 amide bonds.